The molecule has 6 nitrogen and oxygen atoms in total. The van der Waals surface area contributed by atoms with Crippen molar-refractivity contribution in [3.05, 3.63) is 23.8 Å². The summed E-state index contributed by atoms with van der Waals surface area (Å²) in [5, 5.41) is 15.9. The molecule has 1 aliphatic carbocycles. The fourth-order valence-electron chi connectivity index (χ4n) is 3.04. The van der Waals surface area contributed by atoms with E-state index in [2.05, 4.69) is 10.3 Å². The van der Waals surface area contributed by atoms with Crippen LogP contribution in [-0.2, 0) is 4.84 Å². The average Bonchev–Trinajstić information content (AvgIpc) is 3.18. The molecule has 1 aromatic carbocycles. The van der Waals surface area contributed by atoms with Crippen LogP contribution in [0.4, 0.5) is 0 Å². The van der Waals surface area contributed by atoms with E-state index in [4.69, 9.17) is 19.5 Å². The highest BCUT2D eigenvalue weighted by Gasteiger charge is 2.34. The van der Waals surface area contributed by atoms with E-state index in [-0.39, 0.29) is 6.10 Å². The molecule has 6 heteroatoms. The van der Waals surface area contributed by atoms with Gasteiger partial charge in [-0.3, -0.25) is 0 Å². The van der Waals surface area contributed by atoms with Crippen molar-refractivity contribution in [3.8, 4) is 11.5 Å². The van der Waals surface area contributed by atoms with Crippen molar-refractivity contribution in [3.63, 3.8) is 0 Å². The van der Waals surface area contributed by atoms with E-state index in [0.29, 0.717) is 6.42 Å². The van der Waals surface area contributed by atoms with Crippen LogP contribution in [0.15, 0.2) is 28.5 Å². The second-order valence-corrected chi connectivity index (χ2v) is 6.25. The van der Waals surface area contributed by atoms with E-state index >= 15 is 0 Å². The molecule has 1 aromatic rings. The van der Waals surface area contributed by atoms with Gasteiger partial charge in [0.05, 0.1) is 25.1 Å². The highest BCUT2D eigenvalue weighted by atomic mass is 16.7. The zero-order valence-corrected chi connectivity index (χ0v) is 13.5. The predicted octanol–water partition coefficient (Wildman–Crippen LogP) is 3.36. The van der Waals surface area contributed by atoms with Crippen LogP contribution in [0.1, 0.15) is 44.6 Å². The fraction of sp³-hybridized carbons (Fsp3) is 0.529. The van der Waals surface area contributed by atoms with Crippen molar-refractivity contribution in [2.75, 3.05) is 7.11 Å². The second kappa shape index (κ2) is 6.48. The molecule has 0 aromatic heterocycles. The molecule has 1 aliphatic heterocycles. The molecular weight excluding hydrogens is 296 g/mol. The zero-order valence-electron chi connectivity index (χ0n) is 13.5. The van der Waals surface area contributed by atoms with Crippen LogP contribution in [-0.4, -0.2) is 35.9 Å². The summed E-state index contributed by atoms with van der Waals surface area (Å²) in [4.78, 5) is 5.38. The minimum Gasteiger partial charge on any atom is -0.493 e. The predicted molar refractivity (Wildman–Crippen MR) is 86.8 cm³/mol. The van der Waals surface area contributed by atoms with Crippen LogP contribution in [0.3, 0.4) is 0 Å². The number of hydrogen-bond donors (Lipinski definition) is 1. The molecule has 1 saturated carbocycles. The Morgan fingerprint density at radius 1 is 1.35 bits per heavy atom. The molecule has 0 radical (unpaired) electrons. The third-order valence-electron chi connectivity index (χ3n) is 4.31. The summed E-state index contributed by atoms with van der Waals surface area (Å²) in [5.74, 6) is 1.46. The molecule has 23 heavy (non-hydrogen) atoms. The van der Waals surface area contributed by atoms with Crippen LogP contribution in [0, 0.1) is 0 Å². The molecule has 124 valence electrons. The first-order valence-corrected chi connectivity index (χ1v) is 7.92. The Hall–Kier alpha value is -2.24. The lowest BCUT2D eigenvalue weighted by atomic mass is 9.97. The molecule has 0 bridgehead atoms. The molecule has 1 N–H and O–H groups in total. The van der Waals surface area contributed by atoms with Crippen molar-refractivity contribution in [2.24, 2.45) is 10.3 Å². The van der Waals surface area contributed by atoms with Crippen molar-refractivity contribution < 1.29 is 19.5 Å². The molecule has 1 atom stereocenters. The monoisotopic (exact) mass is 318 g/mol. The van der Waals surface area contributed by atoms with Gasteiger partial charge in [-0.25, -0.2) is 0 Å². The number of nitrogens with zero attached hydrogens (tertiary/aromatic N) is 2. The number of hydrogen-bond acceptors (Lipinski definition) is 6. The summed E-state index contributed by atoms with van der Waals surface area (Å²) in [6.07, 6.45) is 6.74. The maximum atomic E-state index is 8.72. The van der Waals surface area contributed by atoms with Gasteiger partial charge in [-0.2, -0.15) is 0 Å². The van der Waals surface area contributed by atoms with Crippen LogP contribution in [0.25, 0.3) is 0 Å². The van der Waals surface area contributed by atoms with Gasteiger partial charge in [0.1, 0.15) is 0 Å². The van der Waals surface area contributed by atoms with Gasteiger partial charge in [-0.1, -0.05) is 10.3 Å². The number of benzene rings is 1. The molecule has 3 rings (SSSR count). The highest BCUT2D eigenvalue weighted by Crippen LogP contribution is 2.34. The topological polar surface area (TPSA) is 72.6 Å². The summed E-state index contributed by atoms with van der Waals surface area (Å²) in [7, 11) is 1.64. The van der Waals surface area contributed by atoms with Gasteiger partial charge in [0, 0.05) is 12.0 Å². The third-order valence-corrected chi connectivity index (χ3v) is 4.31. The Labute approximate surface area is 135 Å². The summed E-state index contributed by atoms with van der Waals surface area (Å²) < 4.78 is 11.5. The van der Waals surface area contributed by atoms with Crippen molar-refractivity contribution in [2.45, 2.75) is 50.7 Å². The number of methoxy groups -OCH3 is 1. The molecule has 2 aliphatic rings. The number of ether oxygens (including phenoxy) is 2. The van der Waals surface area contributed by atoms with Crippen LogP contribution in [0.2, 0.25) is 0 Å². The van der Waals surface area contributed by atoms with Crippen LogP contribution >= 0.6 is 0 Å². The number of rotatable bonds is 5. The molecule has 1 fully saturated rings. The van der Waals surface area contributed by atoms with Gasteiger partial charge < -0.3 is 19.5 Å². The summed E-state index contributed by atoms with van der Waals surface area (Å²) >= 11 is 0. The average molecular weight is 318 g/mol. The SMILES string of the molecule is COc1ccc(C2=NOC(C)(C=NO)C2)cc1OC1CCCC1. The maximum Gasteiger partial charge on any atom is 0.178 e. The van der Waals surface area contributed by atoms with Crippen LogP contribution < -0.4 is 9.47 Å². The van der Waals surface area contributed by atoms with Gasteiger partial charge in [0.2, 0.25) is 0 Å². The van der Waals surface area contributed by atoms with Gasteiger partial charge in [-0.05, 0) is 50.8 Å². The lowest BCUT2D eigenvalue weighted by Gasteiger charge is -2.17. The van der Waals surface area contributed by atoms with Crippen LogP contribution in [0.5, 0.6) is 11.5 Å². The first kappa shape index (κ1) is 15.6. The van der Waals surface area contributed by atoms with E-state index in [1.54, 1.807) is 7.11 Å². The van der Waals surface area contributed by atoms with Gasteiger partial charge in [0.25, 0.3) is 0 Å². The lowest BCUT2D eigenvalue weighted by molar-refractivity contribution is 0.0540. The Balaban J connectivity index is 1.80. The Morgan fingerprint density at radius 2 is 2.13 bits per heavy atom. The van der Waals surface area contributed by atoms with Gasteiger partial charge in [-0.15, -0.1) is 0 Å². The zero-order chi connectivity index (χ0) is 16.3. The van der Waals surface area contributed by atoms with Crippen molar-refractivity contribution in [1.82, 2.24) is 0 Å². The Bertz CT molecular complexity index is 623. The van der Waals surface area contributed by atoms with E-state index in [9.17, 15) is 0 Å². The molecule has 0 amide bonds. The Morgan fingerprint density at radius 3 is 2.83 bits per heavy atom. The largest absolute Gasteiger partial charge is 0.493 e. The van der Waals surface area contributed by atoms with E-state index in [1.807, 2.05) is 25.1 Å². The quantitative estimate of drug-likeness (QED) is 0.513. The van der Waals surface area contributed by atoms with Crippen molar-refractivity contribution >= 4 is 11.9 Å². The molecule has 0 saturated heterocycles. The minimum atomic E-state index is -0.712. The minimum absolute atomic E-state index is 0.257. The number of oxime groups is 2. The molecule has 1 heterocycles. The highest BCUT2D eigenvalue weighted by molar-refractivity contribution is 6.04. The lowest BCUT2D eigenvalue weighted by Crippen LogP contribution is -2.26. The maximum absolute atomic E-state index is 8.72. The smallest absolute Gasteiger partial charge is 0.178 e. The Kier molecular flexibility index (Phi) is 4.41. The normalized spacial score (nSPS) is 24.7. The standard InChI is InChI=1S/C17H22N2O4/c1-17(11-18-20)10-14(19-23-17)12-7-8-15(21-2)16(9-12)22-13-5-3-4-6-13/h7-9,11,13,20H,3-6,10H2,1-2H3. The third kappa shape index (κ3) is 3.41. The van der Waals surface area contributed by atoms with E-state index in [0.717, 1.165) is 35.6 Å². The first-order valence-electron chi connectivity index (χ1n) is 7.92. The summed E-state index contributed by atoms with van der Waals surface area (Å²) in [5.41, 5.74) is 1.01. The first-order chi connectivity index (χ1) is 11.1. The summed E-state index contributed by atoms with van der Waals surface area (Å²) in [6, 6.07) is 5.77. The molecule has 0 spiro atoms. The van der Waals surface area contributed by atoms with Crippen molar-refractivity contribution in [1.29, 1.82) is 0 Å². The second-order valence-electron chi connectivity index (χ2n) is 6.25. The van der Waals surface area contributed by atoms with E-state index in [1.165, 1.54) is 19.1 Å². The van der Waals surface area contributed by atoms with E-state index < -0.39 is 5.60 Å². The molecular formula is C17H22N2O4. The van der Waals surface area contributed by atoms with Gasteiger partial charge >= 0.3 is 0 Å². The van der Waals surface area contributed by atoms with Gasteiger partial charge in [0.15, 0.2) is 17.1 Å². The molecule has 1 unspecified atom stereocenters. The fourth-order valence-corrected chi connectivity index (χ4v) is 3.04. The summed E-state index contributed by atoms with van der Waals surface area (Å²) in [6.45, 7) is 1.82.